The van der Waals surface area contributed by atoms with Crippen LogP contribution in [0.25, 0.3) is 0 Å². The van der Waals surface area contributed by atoms with Crippen LogP contribution in [0.2, 0.25) is 0 Å². The molecule has 0 spiro atoms. The third kappa shape index (κ3) is 4.91. The number of rotatable bonds is 3. The maximum atomic E-state index is 11.7. The third-order valence-corrected chi connectivity index (χ3v) is 2.95. The maximum absolute atomic E-state index is 11.7. The Morgan fingerprint density at radius 3 is 2.39 bits per heavy atom. The number of hydrogen-bond acceptors (Lipinski definition) is 3. The number of halogens is 1. The number of imide groups is 1. The molecule has 7 heteroatoms. The van der Waals surface area contributed by atoms with Gasteiger partial charge in [-0.2, -0.15) is 0 Å². The van der Waals surface area contributed by atoms with Crippen molar-refractivity contribution >= 4 is 29.4 Å². The molecule has 1 rings (SSSR count). The Morgan fingerprint density at radius 1 is 1.28 bits per heavy atom. The number of likely N-dealkylation sites (tertiary alicyclic amines) is 1. The van der Waals surface area contributed by atoms with Gasteiger partial charge in [-0.1, -0.05) is 0 Å². The van der Waals surface area contributed by atoms with E-state index in [1.165, 1.54) is 6.92 Å². The molecule has 18 heavy (non-hydrogen) atoms. The van der Waals surface area contributed by atoms with E-state index in [1.807, 2.05) is 0 Å². The molecule has 1 heterocycles. The first-order valence-corrected chi connectivity index (χ1v) is 6.48. The van der Waals surface area contributed by atoms with Gasteiger partial charge >= 0.3 is 6.03 Å². The molecule has 1 aliphatic heterocycles. The second-order valence-electron chi connectivity index (χ2n) is 4.25. The van der Waals surface area contributed by atoms with Crippen molar-refractivity contribution in [2.24, 2.45) is 0 Å². The molecule has 0 aromatic heterocycles. The zero-order valence-corrected chi connectivity index (χ0v) is 11.1. The second-order valence-corrected chi connectivity index (χ2v) is 4.63. The molecule has 102 valence electrons. The predicted octanol–water partition coefficient (Wildman–Crippen LogP) is 0.452. The van der Waals surface area contributed by atoms with Gasteiger partial charge in [-0.15, -0.1) is 11.6 Å². The van der Waals surface area contributed by atoms with Gasteiger partial charge in [0.1, 0.15) is 0 Å². The minimum Gasteiger partial charge on any atom is -0.353 e. The summed E-state index contributed by atoms with van der Waals surface area (Å²) in [5, 5.41) is 5.10. The third-order valence-electron chi connectivity index (χ3n) is 2.76. The van der Waals surface area contributed by atoms with Crippen molar-refractivity contribution in [2.75, 3.05) is 19.0 Å². The molecule has 4 amide bonds. The summed E-state index contributed by atoms with van der Waals surface area (Å²) in [6, 6.07) is -0.267. The van der Waals surface area contributed by atoms with Crippen molar-refractivity contribution in [3.8, 4) is 0 Å². The molecule has 2 N–H and O–H groups in total. The molecule has 1 aliphatic rings. The Hall–Kier alpha value is -1.30. The van der Waals surface area contributed by atoms with Crippen molar-refractivity contribution in [3.05, 3.63) is 0 Å². The van der Waals surface area contributed by atoms with E-state index in [0.717, 1.165) is 0 Å². The average molecular weight is 276 g/mol. The van der Waals surface area contributed by atoms with E-state index in [9.17, 15) is 14.4 Å². The van der Waals surface area contributed by atoms with Crippen LogP contribution < -0.4 is 10.6 Å². The number of carbonyl (C=O) groups excluding carboxylic acids is 3. The van der Waals surface area contributed by atoms with Gasteiger partial charge in [-0.05, 0) is 12.8 Å². The normalized spacial score (nSPS) is 16.2. The quantitative estimate of drug-likeness (QED) is 0.734. The Bertz CT molecular complexity index is 327. The largest absolute Gasteiger partial charge is 0.353 e. The minimum absolute atomic E-state index is 0.0600. The molecule has 1 fully saturated rings. The van der Waals surface area contributed by atoms with Gasteiger partial charge in [-0.3, -0.25) is 14.9 Å². The molecule has 0 saturated carbocycles. The molecule has 0 aliphatic carbocycles. The van der Waals surface area contributed by atoms with E-state index in [4.69, 9.17) is 11.6 Å². The molecule has 0 bridgehead atoms. The number of hydrogen-bond donors (Lipinski definition) is 2. The van der Waals surface area contributed by atoms with Crippen LogP contribution in [0.3, 0.4) is 0 Å². The Labute approximate surface area is 111 Å². The fourth-order valence-electron chi connectivity index (χ4n) is 1.86. The lowest BCUT2D eigenvalue weighted by Gasteiger charge is -2.31. The highest BCUT2D eigenvalue weighted by Crippen LogP contribution is 2.10. The van der Waals surface area contributed by atoms with Crippen LogP contribution in [0.1, 0.15) is 26.2 Å². The van der Waals surface area contributed by atoms with Crippen LogP contribution in [-0.2, 0) is 9.59 Å². The zero-order valence-electron chi connectivity index (χ0n) is 10.4. The lowest BCUT2D eigenvalue weighted by Crippen LogP contribution is -2.50. The van der Waals surface area contributed by atoms with Crippen LogP contribution in [0, 0.1) is 0 Å². The second kappa shape index (κ2) is 7.20. The summed E-state index contributed by atoms with van der Waals surface area (Å²) in [7, 11) is 0. The highest BCUT2D eigenvalue weighted by atomic mass is 35.5. The molecule has 0 atom stereocenters. The predicted molar refractivity (Wildman–Crippen MR) is 67.3 cm³/mol. The first-order chi connectivity index (χ1) is 8.52. The van der Waals surface area contributed by atoms with Crippen LogP contribution >= 0.6 is 11.6 Å². The monoisotopic (exact) mass is 275 g/mol. The summed E-state index contributed by atoms with van der Waals surface area (Å²) in [5.74, 6) is -0.224. The summed E-state index contributed by atoms with van der Waals surface area (Å²) in [5.41, 5.74) is 0. The van der Waals surface area contributed by atoms with Gasteiger partial charge in [0.15, 0.2) is 0 Å². The number of alkyl halides is 1. The Balaban J connectivity index is 2.31. The van der Waals surface area contributed by atoms with E-state index in [-0.39, 0.29) is 36.2 Å². The van der Waals surface area contributed by atoms with Crippen molar-refractivity contribution < 1.29 is 14.4 Å². The van der Waals surface area contributed by atoms with E-state index in [2.05, 4.69) is 10.6 Å². The molecule has 0 unspecified atom stereocenters. The summed E-state index contributed by atoms with van der Waals surface area (Å²) in [4.78, 5) is 35.3. The minimum atomic E-state index is -0.383. The van der Waals surface area contributed by atoms with Crippen LogP contribution in [0.15, 0.2) is 0 Å². The van der Waals surface area contributed by atoms with Gasteiger partial charge in [-0.25, -0.2) is 4.79 Å². The Morgan fingerprint density at radius 2 is 1.89 bits per heavy atom. The van der Waals surface area contributed by atoms with E-state index in [1.54, 1.807) is 4.90 Å². The number of nitrogens with one attached hydrogen (secondary N) is 2. The van der Waals surface area contributed by atoms with E-state index < -0.39 is 0 Å². The number of piperidine rings is 1. The van der Waals surface area contributed by atoms with E-state index >= 15 is 0 Å². The molecular weight excluding hydrogens is 258 g/mol. The smallest absolute Gasteiger partial charge is 0.324 e. The zero-order chi connectivity index (χ0) is 13.5. The maximum Gasteiger partial charge on any atom is 0.324 e. The van der Waals surface area contributed by atoms with Crippen molar-refractivity contribution in [2.45, 2.75) is 32.2 Å². The molecule has 1 saturated heterocycles. The lowest BCUT2D eigenvalue weighted by molar-refractivity contribution is -0.120. The Kier molecular flexibility index (Phi) is 5.91. The van der Waals surface area contributed by atoms with Crippen LogP contribution in [-0.4, -0.2) is 47.8 Å². The fourth-order valence-corrected chi connectivity index (χ4v) is 2.03. The number of carbonyl (C=O) groups is 3. The molecular formula is C11H18ClN3O3. The summed E-state index contributed by atoms with van der Waals surface area (Å²) >= 11 is 5.41. The fraction of sp³-hybridized carbons (Fsp3) is 0.727. The molecule has 6 nitrogen and oxygen atoms in total. The standard InChI is InChI=1S/C11H18ClN3O3/c1-8(16)13-9-3-6-15(7-4-9)11(18)14-10(17)2-5-12/h9H,2-7H2,1H3,(H,13,16)(H,14,17,18). The van der Waals surface area contributed by atoms with Gasteiger partial charge in [0.05, 0.1) is 0 Å². The van der Waals surface area contributed by atoms with Gasteiger partial charge < -0.3 is 10.2 Å². The van der Waals surface area contributed by atoms with Crippen LogP contribution in [0.5, 0.6) is 0 Å². The van der Waals surface area contributed by atoms with E-state index in [0.29, 0.717) is 25.9 Å². The SMILES string of the molecule is CC(=O)NC1CCN(C(=O)NC(=O)CCCl)CC1. The lowest BCUT2D eigenvalue weighted by atomic mass is 10.1. The van der Waals surface area contributed by atoms with Gasteiger partial charge in [0.2, 0.25) is 11.8 Å². The topological polar surface area (TPSA) is 78.5 Å². The highest BCUT2D eigenvalue weighted by molar-refractivity contribution is 6.19. The number of nitrogens with zero attached hydrogens (tertiary/aromatic N) is 1. The highest BCUT2D eigenvalue weighted by Gasteiger charge is 2.23. The number of urea groups is 1. The number of amides is 4. The first-order valence-electron chi connectivity index (χ1n) is 5.94. The molecule has 0 aromatic carbocycles. The first kappa shape index (κ1) is 14.8. The van der Waals surface area contributed by atoms with Crippen molar-refractivity contribution in [1.29, 1.82) is 0 Å². The van der Waals surface area contributed by atoms with Crippen molar-refractivity contribution in [1.82, 2.24) is 15.5 Å². The van der Waals surface area contributed by atoms with Crippen molar-refractivity contribution in [3.63, 3.8) is 0 Å². The summed E-state index contributed by atoms with van der Waals surface area (Å²) in [6.07, 6.45) is 1.54. The van der Waals surface area contributed by atoms with Gasteiger partial charge in [0, 0.05) is 38.4 Å². The van der Waals surface area contributed by atoms with Crippen LogP contribution in [0.4, 0.5) is 4.79 Å². The summed E-state index contributed by atoms with van der Waals surface area (Å²) in [6.45, 7) is 2.54. The molecule has 0 radical (unpaired) electrons. The van der Waals surface area contributed by atoms with Gasteiger partial charge in [0.25, 0.3) is 0 Å². The molecule has 0 aromatic rings. The average Bonchev–Trinajstić information content (AvgIpc) is 2.29. The summed E-state index contributed by atoms with van der Waals surface area (Å²) < 4.78 is 0.